The number of hydrogen-bond acceptors (Lipinski definition) is 6. The fourth-order valence-corrected chi connectivity index (χ4v) is 6.15. The second-order valence-corrected chi connectivity index (χ2v) is 11.0. The number of carbonyl (C=O) groups is 1. The fraction of sp³-hybridized carbons (Fsp3) is 0.538. The second kappa shape index (κ2) is 10.2. The molecule has 1 atom stereocenters. The van der Waals surface area contributed by atoms with Crippen LogP contribution in [-0.2, 0) is 11.3 Å². The van der Waals surface area contributed by atoms with Gasteiger partial charge in [0.05, 0.1) is 19.3 Å². The highest BCUT2D eigenvalue weighted by molar-refractivity contribution is 8.00. The Balaban J connectivity index is 1.18. The second-order valence-electron chi connectivity index (χ2n) is 10.0. The molecule has 3 heterocycles. The molecule has 1 unspecified atom stereocenters. The number of aliphatic hydroxyl groups excluding tert-OH is 2. The summed E-state index contributed by atoms with van der Waals surface area (Å²) in [7, 11) is 0. The third-order valence-electron chi connectivity index (χ3n) is 7.58. The molecule has 3 N–H and O–H groups in total. The summed E-state index contributed by atoms with van der Waals surface area (Å²) in [5.74, 6) is -2.14. The Morgan fingerprint density at radius 2 is 1.94 bits per heavy atom. The quantitative estimate of drug-likeness (QED) is 0.485. The molecule has 1 amide bonds. The molecule has 2 fully saturated rings. The third kappa shape index (κ3) is 5.22. The number of aromatic nitrogens is 1. The molecular formula is C26H32F2N4O3S. The number of piperidine rings is 1. The van der Waals surface area contributed by atoms with Crippen LogP contribution in [-0.4, -0.2) is 68.1 Å². The topological polar surface area (TPSA) is 90.1 Å². The highest BCUT2D eigenvalue weighted by Gasteiger charge is 2.48. The van der Waals surface area contributed by atoms with Crippen molar-refractivity contribution in [3.05, 3.63) is 41.4 Å². The predicted molar refractivity (Wildman–Crippen MR) is 138 cm³/mol. The number of benzene rings is 1. The van der Waals surface area contributed by atoms with Gasteiger partial charge in [-0.25, -0.2) is 13.1 Å². The van der Waals surface area contributed by atoms with E-state index in [1.54, 1.807) is 11.9 Å². The van der Waals surface area contributed by atoms with Crippen LogP contribution in [0.15, 0.2) is 40.9 Å². The maximum atomic E-state index is 13.5. The van der Waals surface area contributed by atoms with Gasteiger partial charge in [0.25, 0.3) is 5.91 Å². The van der Waals surface area contributed by atoms with Crippen LogP contribution in [0.2, 0.25) is 0 Å². The molecule has 36 heavy (non-hydrogen) atoms. The lowest BCUT2D eigenvalue weighted by atomic mass is 9.86. The van der Waals surface area contributed by atoms with Crippen molar-refractivity contribution in [3.8, 4) is 0 Å². The molecule has 0 bridgehead atoms. The number of amides is 1. The molecule has 194 valence electrons. The van der Waals surface area contributed by atoms with Gasteiger partial charge in [0.15, 0.2) is 0 Å². The number of carbonyl (C=O) groups excluding carboxylic acids is 1. The number of rotatable bonds is 7. The number of hydrogen-bond donors (Lipinski definition) is 3. The van der Waals surface area contributed by atoms with Gasteiger partial charge in [-0.1, -0.05) is 24.1 Å². The lowest BCUT2D eigenvalue weighted by Crippen LogP contribution is -2.47. The number of alkyl halides is 2. The molecule has 1 aromatic carbocycles. The molecule has 2 aliphatic heterocycles. The summed E-state index contributed by atoms with van der Waals surface area (Å²) in [4.78, 5) is 17.6. The van der Waals surface area contributed by atoms with Crippen molar-refractivity contribution in [2.75, 3.05) is 19.7 Å². The minimum absolute atomic E-state index is 0.0761. The fourth-order valence-electron chi connectivity index (χ4n) is 5.38. The molecule has 7 nitrogen and oxygen atoms in total. The van der Waals surface area contributed by atoms with Crippen molar-refractivity contribution in [1.82, 2.24) is 14.2 Å². The summed E-state index contributed by atoms with van der Waals surface area (Å²) >= 11 is 1.60. The zero-order valence-electron chi connectivity index (χ0n) is 20.1. The van der Waals surface area contributed by atoms with Gasteiger partial charge in [-0.15, -0.1) is 0 Å². The number of aliphatic imine (C=N–C) groups is 1. The van der Waals surface area contributed by atoms with Gasteiger partial charge in [0.2, 0.25) is 5.92 Å². The Morgan fingerprint density at radius 3 is 2.67 bits per heavy atom. The van der Waals surface area contributed by atoms with Crippen LogP contribution in [0.25, 0.3) is 17.0 Å². The van der Waals surface area contributed by atoms with Crippen LogP contribution in [0.5, 0.6) is 0 Å². The first kappa shape index (κ1) is 25.4. The minimum atomic E-state index is -2.59. The Kier molecular flexibility index (Phi) is 7.22. The molecule has 10 heteroatoms. The number of nitrogens with one attached hydrogen (secondary N) is 1. The molecule has 1 spiro atoms. The largest absolute Gasteiger partial charge is 0.394 e. The highest BCUT2D eigenvalue weighted by Crippen LogP contribution is 2.39. The van der Waals surface area contributed by atoms with E-state index < -0.39 is 17.6 Å². The monoisotopic (exact) mass is 518 g/mol. The zero-order chi connectivity index (χ0) is 25.3. The summed E-state index contributed by atoms with van der Waals surface area (Å²) in [5.41, 5.74) is 1.30. The molecule has 5 rings (SSSR count). The van der Waals surface area contributed by atoms with E-state index in [1.807, 2.05) is 40.4 Å². The summed E-state index contributed by atoms with van der Waals surface area (Å²) in [5, 5.41) is 25.0. The average Bonchev–Trinajstić information content (AvgIpc) is 3.42. The lowest BCUT2D eigenvalue weighted by Gasteiger charge is -2.34. The molecule has 1 saturated carbocycles. The van der Waals surface area contributed by atoms with Crippen molar-refractivity contribution >= 4 is 40.7 Å². The van der Waals surface area contributed by atoms with E-state index in [2.05, 4.69) is 15.7 Å². The minimum Gasteiger partial charge on any atom is -0.394 e. The summed E-state index contributed by atoms with van der Waals surface area (Å²) in [6, 6.07) is 8.02. The van der Waals surface area contributed by atoms with Crippen LogP contribution < -0.4 is 5.32 Å². The predicted octanol–water partition coefficient (Wildman–Crippen LogP) is 3.80. The van der Waals surface area contributed by atoms with Gasteiger partial charge in [-0.05, 0) is 54.9 Å². The van der Waals surface area contributed by atoms with Crippen LogP contribution in [0, 0.1) is 5.92 Å². The van der Waals surface area contributed by atoms with Gasteiger partial charge in [0.1, 0.15) is 11.4 Å². The molecule has 0 radical (unpaired) electrons. The summed E-state index contributed by atoms with van der Waals surface area (Å²) in [6.07, 6.45) is 4.85. The van der Waals surface area contributed by atoms with Crippen molar-refractivity contribution < 1.29 is 23.8 Å². The Morgan fingerprint density at radius 1 is 1.19 bits per heavy atom. The Bertz CT molecular complexity index is 1160. The van der Waals surface area contributed by atoms with E-state index in [9.17, 15) is 18.7 Å². The van der Waals surface area contributed by atoms with Crippen molar-refractivity contribution in [3.63, 3.8) is 0 Å². The number of aliphatic hydroxyl groups is 2. The number of nitrogens with zero attached hydrogens (tertiary/aromatic N) is 3. The molecule has 1 aliphatic carbocycles. The molecule has 3 aliphatic rings. The maximum Gasteiger partial charge on any atom is 0.253 e. The third-order valence-corrected chi connectivity index (χ3v) is 8.50. The van der Waals surface area contributed by atoms with Crippen LogP contribution in [0.4, 0.5) is 8.78 Å². The number of amidine groups is 1. The molecule has 1 saturated heterocycles. The van der Waals surface area contributed by atoms with Gasteiger partial charge >= 0.3 is 0 Å². The first-order chi connectivity index (χ1) is 17.3. The lowest BCUT2D eigenvalue weighted by molar-refractivity contribution is -0.124. The van der Waals surface area contributed by atoms with Crippen LogP contribution in [0.3, 0.4) is 0 Å². The van der Waals surface area contributed by atoms with E-state index in [0.717, 1.165) is 16.5 Å². The molecule has 1 aromatic heterocycles. The van der Waals surface area contributed by atoms with Gasteiger partial charge < -0.3 is 20.1 Å². The van der Waals surface area contributed by atoms with Crippen molar-refractivity contribution in [2.45, 2.75) is 62.6 Å². The number of fused-ring (bicyclic) bond motifs is 1. The van der Waals surface area contributed by atoms with E-state index in [-0.39, 0.29) is 31.3 Å². The van der Waals surface area contributed by atoms with E-state index >= 15 is 0 Å². The van der Waals surface area contributed by atoms with E-state index in [4.69, 9.17) is 10.1 Å². The molecular weight excluding hydrogens is 486 g/mol. The Labute approximate surface area is 213 Å². The van der Waals surface area contributed by atoms with Crippen LogP contribution >= 0.6 is 11.9 Å². The molecule has 2 aromatic rings. The van der Waals surface area contributed by atoms with Crippen LogP contribution in [0.1, 0.15) is 44.1 Å². The summed E-state index contributed by atoms with van der Waals surface area (Å²) < 4.78 is 31.2. The van der Waals surface area contributed by atoms with Gasteiger partial charge in [0, 0.05) is 48.9 Å². The average molecular weight is 519 g/mol. The maximum absolute atomic E-state index is 13.5. The normalized spacial score (nSPS) is 23.4. The smallest absolute Gasteiger partial charge is 0.253 e. The zero-order valence-corrected chi connectivity index (χ0v) is 20.9. The Hall–Kier alpha value is -2.27. The van der Waals surface area contributed by atoms with Crippen molar-refractivity contribution in [1.29, 1.82) is 0 Å². The SMILES string of the molecule is O=C1NC(C2CCC(F)(F)CC2)=NC12CCN(S/C=C/c1cccc3c1ccn3CC(O)CO)CC2. The first-order valence-electron chi connectivity index (χ1n) is 12.5. The first-order valence-corrected chi connectivity index (χ1v) is 13.4. The van der Waals surface area contributed by atoms with Gasteiger partial charge in [-0.3, -0.25) is 9.79 Å². The van der Waals surface area contributed by atoms with E-state index in [1.165, 1.54) is 0 Å². The highest BCUT2D eigenvalue weighted by atomic mass is 32.2. The van der Waals surface area contributed by atoms with Gasteiger partial charge in [-0.2, -0.15) is 0 Å². The van der Waals surface area contributed by atoms with E-state index in [0.29, 0.717) is 51.2 Å². The standard InChI is InChI=1S/C26H32F2N4O3S/c27-26(28)8-4-19(5-9-26)23-29-24(35)25(30-23)10-13-32(14-11-25)36-15-7-18-2-1-3-22-21(18)6-12-31(22)16-20(34)17-33/h1-3,6-7,12,15,19-20,33-34H,4-5,8-11,13-14,16-17H2,(H,29,30,35)/b15-7+. The summed E-state index contributed by atoms with van der Waals surface area (Å²) in [6.45, 7) is 1.48. The van der Waals surface area contributed by atoms with Crippen molar-refractivity contribution in [2.24, 2.45) is 10.9 Å². The number of halogens is 2.